The first-order valence-corrected chi connectivity index (χ1v) is 9.13. The molecule has 0 unspecified atom stereocenters. The van der Waals surface area contributed by atoms with Gasteiger partial charge in [0.2, 0.25) is 0 Å². The minimum Gasteiger partial charge on any atom is -0.507 e. The Labute approximate surface area is 151 Å². The lowest BCUT2D eigenvalue weighted by molar-refractivity contribution is 0.0996. The Morgan fingerprint density at radius 3 is 2.68 bits per heavy atom. The van der Waals surface area contributed by atoms with E-state index in [-0.39, 0.29) is 16.9 Å². The molecule has 1 N–H and O–H groups in total. The number of aldehydes is 1. The number of aromatic hydroxyl groups is 1. The fraction of sp³-hybridized carbons (Fsp3) is 0.421. The van der Waals surface area contributed by atoms with Crippen LogP contribution in [0.2, 0.25) is 0 Å². The summed E-state index contributed by atoms with van der Waals surface area (Å²) < 4.78 is 2.75. The highest BCUT2D eigenvalue weighted by atomic mass is 32.1. The number of unbranched alkanes of at least 4 members (excludes halogenated alkanes) is 1. The van der Waals surface area contributed by atoms with Crippen LogP contribution in [-0.4, -0.2) is 21.3 Å². The first-order chi connectivity index (χ1) is 11.8. The van der Waals surface area contributed by atoms with Gasteiger partial charge in [0.05, 0.1) is 5.56 Å². The van der Waals surface area contributed by atoms with Gasteiger partial charge < -0.3 is 5.11 Å². The summed E-state index contributed by atoms with van der Waals surface area (Å²) in [5, 5.41) is 9.93. The van der Waals surface area contributed by atoms with Crippen molar-refractivity contribution in [3.8, 4) is 5.75 Å². The number of rotatable bonds is 5. The molecule has 25 heavy (non-hydrogen) atoms. The van der Waals surface area contributed by atoms with E-state index in [2.05, 4.69) is 36.6 Å². The molecule has 1 amide bonds. The van der Waals surface area contributed by atoms with Crippen molar-refractivity contribution < 1.29 is 14.7 Å². The molecule has 0 spiro atoms. The van der Waals surface area contributed by atoms with Gasteiger partial charge in [-0.2, -0.15) is 4.99 Å². The number of benzene rings is 1. The standard InChI is InChI=1S/C19H24N2O3S/c1-5-6-7-14-11-21(19(2,3)4)25-18(14)20-17(24)15-10-13(12-22)8-9-16(15)23/h8-12,23H,5-7H2,1-4H3/b20-18-. The van der Waals surface area contributed by atoms with Gasteiger partial charge in [-0.3, -0.25) is 13.5 Å². The minimum atomic E-state index is -0.540. The van der Waals surface area contributed by atoms with Gasteiger partial charge in [0.25, 0.3) is 5.91 Å². The number of hydrogen-bond donors (Lipinski definition) is 1. The lowest BCUT2D eigenvalue weighted by Gasteiger charge is -2.19. The van der Waals surface area contributed by atoms with Gasteiger partial charge in [0.15, 0.2) is 0 Å². The van der Waals surface area contributed by atoms with Crippen LogP contribution in [0.4, 0.5) is 0 Å². The fourth-order valence-electron chi connectivity index (χ4n) is 2.29. The van der Waals surface area contributed by atoms with Crippen LogP contribution >= 0.6 is 11.5 Å². The predicted octanol–water partition coefficient (Wildman–Crippen LogP) is 3.91. The van der Waals surface area contributed by atoms with E-state index < -0.39 is 5.91 Å². The Bertz CT molecular complexity index is 841. The summed E-state index contributed by atoms with van der Waals surface area (Å²) in [6.45, 7) is 8.41. The Balaban J connectivity index is 2.50. The second-order valence-corrected chi connectivity index (χ2v) is 7.93. The molecule has 1 heterocycles. The van der Waals surface area contributed by atoms with Crippen LogP contribution in [0, 0.1) is 0 Å². The molecule has 5 nitrogen and oxygen atoms in total. The zero-order valence-corrected chi connectivity index (χ0v) is 15.9. The third-order valence-corrected chi connectivity index (χ3v) is 5.16. The third kappa shape index (κ3) is 4.66. The van der Waals surface area contributed by atoms with E-state index in [4.69, 9.17) is 0 Å². The van der Waals surface area contributed by atoms with Crippen molar-refractivity contribution in [2.75, 3.05) is 0 Å². The number of aromatic nitrogens is 1. The molecule has 0 radical (unpaired) electrons. The smallest absolute Gasteiger partial charge is 0.282 e. The maximum Gasteiger partial charge on any atom is 0.282 e. The van der Waals surface area contributed by atoms with Crippen LogP contribution in [-0.2, 0) is 12.0 Å². The number of hydrogen-bond acceptors (Lipinski definition) is 4. The maximum atomic E-state index is 12.5. The molecule has 0 bridgehead atoms. The van der Waals surface area contributed by atoms with Gasteiger partial charge in [-0.15, -0.1) is 0 Å². The Kier molecular flexibility index (Phi) is 5.95. The van der Waals surface area contributed by atoms with Crippen molar-refractivity contribution in [3.63, 3.8) is 0 Å². The minimum absolute atomic E-state index is 0.0433. The van der Waals surface area contributed by atoms with E-state index in [1.54, 1.807) is 0 Å². The van der Waals surface area contributed by atoms with Crippen LogP contribution in [0.25, 0.3) is 0 Å². The van der Waals surface area contributed by atoms with E-state index >= 15 is 0 Å². The van der Waals surface area contributed by atoms with Crippen molar-refractivity contribution in [1.29, 1.82) is 0 Å². The zero-order chi connectivity index (χ0) is 18.6. The van der Waals surface area contributed by atoms with Crippen molar-refractivity contribution in [1.82, 2.24) is 3.96 Å². The van der Waals surface area contributed by atoms with Crippen LogP contribution in [0.5, 0.6) is 5.75 Å². The first kappa shape index (κ1) is 19.1. The highest BCUT2D eigenvalue weighted by Crippen LogP contribution is 2.20. The van der Waals surface area contributed by atoms with Crippen molar-refractivity contribution in [3.05, 3.63) is 45.8 Å². The van der Waals surface area contributed by atoms with E-state index in [0.717, 1.165) is 24.8 Å². The topological polar surface area (TPSA) is 71.7 Å². The number of carbonyl (C=O) groups excluding carboxylic acids is 2. The molecule has 0 saturated carbocycles. The first-order valence-electron chi connectivity index (χ1n) is 8.36. The lowest BCUT2D eigenvalue weighted by Crippen LogP contribution is -2.18. The number of carbonyl (C=O) groups is 2. The molecule has 0 aliphatic carbocycles. The predicted molar refractivity (Wildman–Crippen MR) is 99.3 cm³/mol. The molecule has 0 fully saturated rings. The van der Waals surface area contributed by atoms with E-state index in [9.17, 15) is 14.7 Å². The number of phenolic OH excluding ortho intramolecular Hbond substituents is 1. The molecule has 1 aromatic carbocycles. The molecule has 0 atom stereocenters. The normalized spacial score (nSPS) is 12.4. The summed E-state index contributed by atoms with van der Waals surface area (Å²) in [6, 6.07) is 4.17. The summed E-state index contributed by atoms with van der Waals surface area (Å²) >= 11 is 1.43. The van der Waals surface area contributed by atoms with E-state index in [1.807, 2.05) is 6.20 Å². The number of nitrogens with zero attached hydrogens (tertiary/aromatic N) is 2. The fourth-order valence-corrected chi connectivity index (χ4v) is 3.32. The average Bonchev–Trinajstić information content (AvgIpc) is 2.96. The van der Waals surface area contributed by atoms with Gasteiger partial charge in [-0.25, -0.2) is 0 Å². The number of aryl methyl sites for hydroxylation is 1. The Hall–Kier alpha value is -2.21. The number of phenols is 1. The molecular weight excluding hydrogens is 336 g/mol. The van der Waals surface area contributed by atoms with Crippen molar-refractivity contribution in [2.24, 2.45) is 4.99 Å². The quantitative estimate of drug-likeness (QED) is 0.822. The third-order valence-electron chi connectivity index (χ3n) is 3.78. The van der Waals surface area contributed by atoms with Gasteiger partial charge in [0.1, 0.15) is 16.7 Å². The summed E-state index contributed by atoms with van der Waals surface area (Å²) in [4.78, 5) is 27.7. The second-order valence-electron chi connectivity index (χ2n) is 6.96. The molecule has 6 heteroatoms. The summed E-state index contributed by atoms with van der Waals surface area (Å²) in [5.74, 6) is -0.712. The molecule has 2 aromatic rings. The summed E-state index contributed by atoms with van der Waals surface area (Å²) in [5.41, 5.74) is 1.31. The second kappa shape index (κ2) is 7.78. The van der Waals surface area contributed by atoms with E-state index in [1.165, 1.54) is 29.7 Å². The molecular formula is C19H24N2O3S. The largest absolute Gasteiger partial charge is 0.507 e. The molecule has 0 aliphatic heterocycles. The lowest BCUT2D eigenvalue weighted by atomic mass is 10.1. The highest BCUT2D eigenvalue weighted by Gasteiger charge is 2.17. The van der Waals surface area contributed by atoms with Crippen molar-refractivity contribution >= 4 is 23.7 Å². The Morgan fingerprint density at radius 2 is 2.08 bits per heavy atom. The number of amides is 1. The van der Waals surface area contributed by atoms with Crippen LogP contribution < -0.4 is 4.67 Å². The van der Waals surface area contributed by atoms with Gasteiger partial charge in [-0.05, 0) is 63.3 Å². The van der Waals surface area contributed by atoms with Gasteiger partial charge in [0, 0.05) is 22.9 Å². The van der Waals surface area contributed by atoms with Crippen LogP contribution in [0.15, 0.2) is 29.4 Å². The van der Waals surface area contributed by atoms with Crippen LogP contribution in [0.3, 0.4) is 0 Å². The molecule has 2 rings (SSSR count). The summed E-state index contributed by atoms with van der Waals surface area (Å²) in [6.07, 6.45) is 5.61. The van der Waals surface area contributed by atoms with Gasteiger partial charge >= 0.3 is 0 Å². The molecule has 1 aromatic heterocycles. The monoisotopic (exact) mass is 360 g/mol. The summed E-state index contributed by atoms with van der Waals surface area (Å²) in [7, 11) is 0. The van der Waals surface area contributed by atoms with Gasteiger partial charge in [-0.1, -0.05) is 13.3 Å². The maximum absolute atomic E-state index is 12.5. The highest BCUT2D eigenvalue weighted by molar-refractivity contribution is 7.04. The molecule has 0 aliphatic rings. The van der Waals surface area contributed by atoms with Crippen LogP contribution in [0.1, 0.15) is 66.8 Å². The molecule has 0 saturated heterocycles. The Morgan fingerprint density at radius 1 is 1.36 bits per heavy atom. The SMILES string of the molecule is CCCCc1cn(C(C)(C)C)s/c1=N\C(=O)c1cc(C=O)ccc1O. The van der Waals surface area contributed by atoms with E-state index in [0.29, 0.717) is 16.5 Å². The molecule has 134 valence electrons. The van der Waals surface area contributed by atoms with Crippen molar-refractivity contribution in [2.45, 2.75) is 52.5 Å². The average molecular weight is 360 g/mol. The zero-order valence-electron chi connectivity index (χ0n) is 15.1.